The number of hydrogen-bond donors (Lipinski definition) is 1. The lowest BCUT2D eigenvalue weighted by atomic mass is 9.85. The zero-order valence-corrected chi connectivity index (χ0v) is 13.1. The molecule has 2 rings (SSSR count). The zero-order chi connectivity index (χ0) is 13.9. The molecule has 0 bridgehead atoms. The molecule has 0 spiro atoms. The standard InChI is InChI=1S/C17H26ClN/c1-13(14-6-8-15(18)9-7-14)19-16-5-4-11-17(2,3)12-10-16/h6-9,13,16,19H,4-5,10-12H2,1-3H3/t13-,16?/m0/s1. The summed E-state index contributed by atoms with van der Waals surface area (Å²) in [4.78, 5) is 0. The molecule has 1 fully saturated rings. The molecule has 0 saturated heterocycles. The van der Waals surface area contributed by atoms with Gasteiger partial charge in [-0.2, -0.15) is 0 Å². The molecule has 106 valence electrons. The monoisotopic (exact) mass is 279 g/mol. The summed E-state index contributed by atoms with van der Waals surface area (Å²) in [5, 5.41) is 4.60. The Bertz CT molecular complexity index is 396. The molecular weight excluding hydrogens is 254 g/mol. The van der Waals surface area contributed by atoms with Crippen molar-refractivity contribution in [3.63, 3.8) is 0 Å². The molecule has 1 unspecified atom stereocenters. The molecule has 0 heterocycles. The summed E-state index contributed by atoms with van der Waals surface area (Å²) in [5.74, 6) is 0. The van der Waals surface area contributed by atoms with Gasteiger partial charge in [0.15, 0.2) is 0 Å². The number of nitrogens with one attached hydrogen (secondary N) is 1. The molecule has 2 atom stereocenters. The van der Waals surface area contributed by atoms with Crippen molar-refractivity contribution in [2.24, 2.45) is 5.41 Å². The van der Waals surface area contributed by atoms with Crippen molar-refractivity contribution in [1.82, 2.24) is 5.32 Å². The normalized spacial score (nSPS) is 24.7. The van der Waals surface area contributed by atoms with Crippen molar-refractivity contribution in [2.45, 2.75) is 65.0 Å². The van der Waals surface area contributed by atoms with Gasteiger partial charge in [-0.3, -0.25) is 0 Å². The summed E-state index contributed by atoms with van der Waals surface area (Å²) in [6.45, 7) is 7.05. The summed E-state index contributed by atoms with van der Waals surface area (Å²) in [6.07, 6.45) is 6.64. The second kappa shape index (κ2) is 6.28. The van der Waals surface area contributed by atoms with Crippen LogP contribution in [0.2, 0.25) is 5.02 Å². The van der Waals surface area contributed by atoms with Crippen LogP contribution in [-0.2, 0) is 0 Å². The smallest absolute Gasteiger partial charge is 0.0406 e. The van der Waals surface area contributed by atoms with Gasteiger partial charge in [0.05, 0.1) is 0 Å². The van der Waals surface area contributed by atoms with E-state index in [0.717, 1.165) is 5.02 Å². The highest BCUT2D eigenvalue weighted by Crippen LogP contribution is 2.34. The van der Waals surface area contributed by atoms with Crippen LogP contribution in [0.4, 0.5) is 0 Å². The van der Waals surface area contributed by atoms with Crippen LogP contribution in [0.1, 0.15) is 64.5 Å². The Labute approximate surface area is 122 Å². The molecule has 2 heteroatoms. The maximum absolute atomic E-state index is 5.94. The van der Waals surface area contributed by atoms with E-state index >= 15 is 0 Å². The van der Waals surface area contributed by atoms with Crippen LogP contribution in [0, 0.1) is 5.41 Å². The highest BCUT2D eigenvalue weighted by Gasteiger charge is 2.24. The van der Waals surface area contributed by atoms with Crippen molar-refractivity contribution < 1.29 is 0 Å². The maximum Gasteiger partial charge on any atom is 0.0406 e. The Morgan fingerprint density at radius 2 is 1.84 bits per heavy atom. The summed E-state index contributed by atoms with van der Waals surface area (Å²) >= 11 is 5.94. The second-order valence-corrected chi connectivity index (χ2v) is 7.17. The van der Waals surface area contributed by atoms with Gasteiger partial charge in [-0.05, 0) is 55.7 Å². The largest absolute Gasteiger partial charge is 0.307 e. The first-order chi connectivity index (χ1) is 8.96. The summed E-state index contributed by atoms with van der Waals surface area (Å²) in [7, 11) is 0. The van der Waals surface area contributed by atoms with Gasteiger partial charge in [0, 0.05) is 17.1 Å². The van der Waals surface area contributed by atoms with E-state index in [1.807, 2.05) is 12.1 Å². The average molecular weight is 280 g/mol. The van der Waals surface area contributed by atoms with Gasteiger partial charge in [0.2, 0.25) is 0 Å². The van der Waals surface area contributed by atoms with E-state index in [2.05, 4.69) is 38.2 Å². The number of hydrogen-bond acceptors (Lipinski definition) is 1. The van der Waals surface area contributed by atoms with E-state index in [0.29, 0.717) is 17.5 Å². The van der Waals surface area contributed by atoms with Crippen LogP contribution in [0.25, 0.3) is 0 Å². The topological polar surface area (TPSA) is 12.0 Å². The SMILES string of the molecule is C[C@H](NC1CCCC(C)(C)CC1)c1ccc(Cl)cc1. The molecule has 0 radical (unpaired) electrons. The third-order valence-electron chi connectivity index (χ3n) is 4.43. The molecule has 1 N–H and O–H groups in total. The van der Waals surface area contributed by atoms with Crippen LogP contribution in [0.3, 0.4) is 0 Å². The van der Waals surface area contributed by atoms with Gasteiger partial charge in [-0.25, -0.2) is 0 Å². The maximum atomic E-state index is 5.94. The lowest BCUT2D eigenvalue weighted by Crippen LogP contribution is -2.31. The van der Waals surface area contributed by atoms with Crippen molar-refractivity contribution in [1.29, 1.82) is 0 Å². The van der Waals surface area contributed by atoms with Gasteiger partial charge in [-0.15, -0.1) is 0 Å². The second-order valence-electron chi connectivity index (χ2n) is 6.73. The molecule has 1 saturated carbocycles. The first-order valence-electron chi connectivity index (χ1n) is 7.48. The Morgan fingerprint density at radius 1 is 1.16 bits per heavy atom. The molecule has 1 nitrogen and oxygen atoms in total. The third-order valence-corrected chi connectivity index (χ3v) is 4.68. The fraction of sp³-hybridized carbons (Fsp3) is 0.647. The Morgan fingerprint density at radius 3 is 2.53 bits per heavy atom. The summed E-state index contributed by atoms with van der Waals surface area (Å²) in [6, 6.07) is 9.27. The van der Waals surface area contributed by atoms with Crippen LogP contribution in [0.15, 0.2) is 24.3 Å². The molecule has 1 aromatic rings. The first-order valence-corrected chi connectivity index (χ1v) is 7.86. The number of benzene rings is 1. The number of rotatable bonds is 3. The predicted octanol–water partition coefficient (Wildman–Crippen LogP) is 5.35. The van der Waals surface area contributed by atoms with E-state index in [4.69, 9.17) is 11.6 Å². The Hall–Kier alpha value is -0.530. The minimum absolute atomic E-state index is 0.406. The van der Waals surface area contributed by atoms with Crippen LogP contribution in [-0.4, -0.2) is 6.04 Å². The first kappa shape index (κ1) is 14.9. The van der Waals surface area contributed by atoms with Crippen molar-refractivity contribution in [3.05, 3.63) is 34.9 Å². The Kier molecular flexibility index (Phi) is 4.92. The quantitative estimate of drug-likeness (QED) is 0.736. The highest BCUT2D eigenvalue weighted by molar-refractivity contribution is 6.30. The van der Waals surface area contributed by atoms with Gasteiger partial charge in [-0.1, -0.05) is 44.0 Å². The van der Waals surface area contributed by atoms with Gasteiger partial charge in [0.1, 0.15) is 0 Å². The molecular formula is C17H26ClN. The van der Waals surface area contributed by atoms with E-state index in [-0.39, 0.29) is 0 Å². The van der Waals surface area contributed by atoms with Gasteiger partial charge >= 0.3 is 0 Å². The minimum atomic E-state index is 0.406. The fourth-order valence-corrected chi connectivity index (χ4v) is 3.16. The molecule has 19 heavy (non-hydrogen) atoms. The summed E-state index contributed by atoms with van der Waals surface area (Å²) < 4.78 is 0. The van der Waals surface area contributed by atoms with Gasteiger partial charge < -0.3 is 5.32 Å². The predicted molar refractivity (Wildman–Crippen MR) is 83.7 cm³/mol. The third kappa shape index (κ3) is 4.50. The van der Waals surface area contributed by atoms with Crippen molar-refractivity contribution in [3.8, 4) is 0 Å². The van der Waals surface area contributed by atoms with Gasteiger partial charge in [0.25, 0.3) is 0 Å². The van der Waals surface area contributed by atoms with Crippen LogP contribution in [0.5, 0.6) is 0 Å². The summed E-state index contributed by atoms with van der Waals surface area (Å²) in [5.41, 5.74) is 1.85. The molecule has 0 amide bonds. The van der Waals surface area contributed by atoms with E-state index in [9.17, 15) is 0 Å². The average Bonchev–Trinajstić information content (AvgIpc) is 2.52. The van der Waals surface area contributed by atoms with E-state index in [1.165, 1.54) is 37.7 Å². The number of halogens is 1. The fourth-order valence-electron chi connectivity index (χ4n) is 3.03. The molecule has 0 aromatic heterocycles. The minimum Gasteiger partial charge on any atom is -0.307 e. The van der Waals surface area contributed by atoms with Crippen LogP contribution < -0.4 is 5.32 Å². The highest BCUT2D eigenvalue weighted by atomic mass is 35.5. The van der Waals surface area contributed by atoms with Crippen molar-refractivity contribution in [2.75, 3.05) is 0 Å². The molecule has 1 aliphatic carbocycles. The molecule has 1 aliphatic rings. The zero-order valence-electron chi connectivity index (χ0n) is 12.4. The van der Waals surface area contributed by atoms with Crippen molar-refractivity contribution >= 4 is 11.6 Å². The molecule has 1 aromatic carbocycles. The Balaban J connectivity index is 1.91. The lowest BCUT2D eigenvalue weighted by molar-refractivity contribution is 0.307. The molecule has 0 aliphatic heterocycles. The van der Waals surface area contributed by atoms with E-state index in [1.54, 1.807) is 0 Å². The van der Waals surface area contributed by atoms with Crippen LogP contribution >= 0.6 is 11.6 Å². The van der Waals surface area contributed by atoms with E-state index < -0.39 is 0 Å². The lowest BCUT2D eigenvalue weighted by Gasteiger charge is -2.24.